The Morgan fingerprint density at radius 1 is 1.07 bits per heavy atom. The van der Waals surface area contributed by atoms with E-state index in [1.54, 1.807) is 6.26 Å². The molecule has 1 aromatic heterocycles. The molecule has 0 fully saturated rings. The average Bonchev–Trinajstić information content (AvgIpc) is 2.74. The largest absolute Gasteiger partial charge is 0.470 e. The lowest BCUT2D eigenvalue weighted by Gasteiger charge is -2.11. The van der Waals surface area contributed by atoms with Crippen LogP contribution in [-0.4, -0.2) is 14.9 Å². The van der Waals surface area contributed by atoms with E-state index < -0.39 is 0 Å². The van der Waals surface area contributed by atoms with Crippen molar-refractivity contribution >= 4 is 14.9 Å². The molecule has 1 nitrogen and oxygen atoms in total. The molecule has 0 amide bonds. The van der Waals surface area contributed by atoms with E-state index in [1.807, 2.05) is 18.2 Å². The summed E-state index contributed by atoms with van der Waals surface area (Å²) in [6.07, 6.45) is 1.74. The van der Waals surface area contributed by atoms with E-state index in [2.05, 4.69) is 32.0 Å². The van der Waals surface area contributed by atoms with Crippen LogP contribution in [0.5, 0.6) is 0 Å². The maximum atomic E-state index is 5.44. The molecule has 0 aliphatic carbocycles. The second-order valence-electron chi connectivity index (χ2n) is 3.39. The lowest BCUT2D eigenvalue weighted by molar-refractivity contribution is 0.516. The molecule has 1 heterocycles. The van der Waals surface area contributed by atoms with Crippen LogP contribution in [0.1, 0.15) is 17.1 Å². The Morgan fingerprint density at radius 3 is 2.43 bits per heavy atom. The van der Waals surface area contributed by atoms with Gasteiger partial charge in [0, 0.05) is 5.82 Å². The van der Waals surface area contributed by atoms with Gasteiger partial charge in [0.1, 0.15) is 12.9 Å². The van der Waals surface area contributed by atoms with Gasteiger partial charge in [0.2, 0.25) is 0 Å². The van der Waals surface area contributed by atoms with E-state index in [1.165, 1.54) is 5.56 Å². The predicted octanol–water partition coefficient (Wildman–Crippen LogP) is 1.35. The zero-order valence-corrected chi connectivity index (χ0v) is 8.31. The molecular formula is C11H12B2O. The van der Waals surface area contributed by atoms with E-state index in [4.69, 9.17) is 4.42 Å². The zero-order chi connectivity index (χ0) is 9.80. The minimum absolute atomic E-state index is 0.395. The van der Waals surface area contributed by atoms with Gasteiger partial charge in [0.15, 0.2) is 0 Å². The van der Waals surface area contributed by atoms with E-state index in [9.17, 15) is 0 Å². The van der Waals surface area contributed by atoms with Crippen LogP contribution < -0.4 is 0 Å². The van der Waals surface area contributed by atoms with Crippen LogP contribution in [-0.2, 0) is 0 Å². The van der Waals surface area contributed by atoms with Gasteiger partial charge in [-0.2, -0.15) is 0 Å². The molecule has 0 bridgehead atoms. The second-order valence-corrected chi connectivity index (χ2v) is 3.39. The van der Waals surface area contributed by atoms with Gasteiger partial charge in [-0.05, 0) is 17.7 Å². The van der Waals surface area contributed by atoms with Gasteiger partial charge in [-0.25, -0.2) is 0 Å². The molecular weight excluding hydrogens is 170 g/mol. The summed E-state index contributed by atoms with van der Waals surface area (Å²) in [5.41, 5.74) is 1.32. The molecule has 1 unspecified atom stereocenters. The monoisotopic (exact) mass is 182 g/mol. The quantitative estimate of drug-likeness (QED) is 0.652. The summed E-state index contributed by atoms with van der Waals surface area (Å²) in [6.45, 7) is 0. The normalized spacial score (nSPS) is 12.3. The first-order valence-corrected chi connectivity index (χ1v) is 5.00. The van der Waals surface area contributed by atoms with Gasteiger partial charge < -0.3 is 4.42 Å². The van der Waals surface area contributed by atoms with Gasteiger partial charge in [-0.15, -0.1) is 0 Å². The third-order valence-corrected chi connectivity index (χ3v) is 2.50. The smallest absolute Gasteiger partial charge is 0.102 e. The minimum Gasteiger partial charge on any atom is -0.470 e. The highest BCUT2D eigenvalue weighted by Crippen LogP contribution is 2.22. The van der Waals surface area contributed by atoms with E-state index in [0.717, 1.165) is 12.9 Å². The van der Waals surface area contributed by atoms with Crippen LogP contribution in [0.4, 0.5) is 0 Å². The Bertz CT molecular complexity index is 369. The van der Waals surface area contributed by atoms with Gasteiger partial charge in [-0.1, -0.05) is 30.3 Å². The highest BCUT2D eigenvalue weighted by atomic mass is 16.3. The van der Waals surface area contributed by atoms with Crippen LogP contribution in [0.25, 0.3) is 0 Å². The van der Waals surface area contributed by atoms with Crippen LogP contribution in [0.2, 0.25) is 0 Å². The molecule has 0 radical (unpaired) electrons. The maximum absolute atomic E-state index is 5.44. The molecule has 68 valence electrons. The van der Waals surface area contributed by atoms with Crippen LogP contribution in [0, 0.1) is 0 Å². The molecule has 0 saturated carbocycles. The summed E-state index contributed by atoms with van der Waals surface area (Å²) >= 11 is 0. The predicted molar refractivity (Wildman–Crippen MR) is 62.7 cm³/mol. The average molecular weight is 182 g/mol. The highest BCUT2D eigenvalue weighted by Gasteiger charge is 2.14. The van der Waals surface area contributed by atoms with E-state index in [-0.39, 0.29) is 0 Å². The van der Waals surface area contributed by atoms with Crippen LogP contribution in [0.15, 0.2) is 53.1 Å². The minimum atomic E-state index is 0.395. The zero-order valence-electron chi connectivity index (χ0n) is 8.31. The van der Waals surface area contributed by atoms with Crippen molar-refractivity contribution in [2.45, 2.75) is 5.82 Å². The first-order valence-electron chi connectivity index (χ1n) is 5.00. The maximum Gasteiger partial charge on any atom is 0.102 e. The fourth-order valence-electron chi connectivity index (χ4n) is 1.78. The van der Waals surface area contributed by atoms with Crippen molar-refractivity contribution in [3.8, 4) is 0 Å². The van der Waals surface area contributed by atoms with Crippen molar-refractivity contribution in [3.63, 3.8) is 0 Å². The molecule has 1 atom stereocenters. The van der Waals surface area contributed by atoms with Crippen LogP contribution >= 0.6 is 0 Å². The number of hydrogen-bond acceptors (Lipinski definition) is 1. The number of rotatable bonds is 3. The topological polar surface area (TPSA) is 13.1 Å². The fraction of sp³-hybridized carbons (Fsp3) is 0.0909. The van der Waals surface area contributed by atoms with Crippen LogP contribution in [0.3, 0.4) is 0 Å². The lowest BCUT2D eigenvalue weighted by Crippen LogP contribution is -2.08. The number of benzene rings is 1. The number of furan rings is 1. The second kappa shape index (κ2) is 4.23. The third kappa shape index (κ3) is 1.77. The van der Waals surface area contributed by atoms with Crippen molar-refractivity contribution in [2.24, 2.45) is 0 Å². The molecule has 2 aromatic rings. The highest BCUT2D eigenvalue weighted by molar-refractivity contribution is 6.90. The first-order chi connectivity index (χ1) is 6.92. The van der Waals surface area contributed by atoms with Crippen molar-refractivity contribution in [3.05, 3.63) is 60.1 Å². The van der Waals surface area contributed by atoms with Crippen molar-refractivity contribution in [1.82, 2.24) is 0 Å². The van der Waals surface area contributed by atoms with Crippen molar-refractivity contribution in [2.75, 3.05) is 0 Å². The van der Waals surface area contributed by atoms with Gasteiger partial charge in [-0.3, -0.25) is 0 Å². The Labute approximate surface area is 85.8 Å². The SMILES string of the molecule is BBC(c1ccccc1)c1ccco1. The molecule has 0 saturated heterocycles. The first kappa shape index (κ1) is 9.20. The Kier molecular flexibility index (Phi) is 2.78. The third-order valence-electron chi connectivity index (χ3n) is 2.50. The summed E-state index contributed by atoms with van der Waals surface area (Å²) < 4.78 is 5.44. The summed E-state index contributed by atoms with van der Waals surface area (Å²) in [5.74, 6) is 1.45. The summed E-state index contributed by atoms with van der Waals surface area (Å²) in [5, 5.41) is 0. The summed E-state index contributed by atoms with van der Waals surface area (Å²) in [6, 6.07) is 14.5. The van der Waals surface area contributed by atoms with Gasteiger partial charge >= 0.3 is 0 Å². The molecule has 0 N–H and O–H groups in total. The molecule has 1 aromatic carbocycles. The standard InChI is InChI=1S/C11H12B2O/c12-13-11(10-7-4-8-14-10)9-5-2-1-3-6-9/h1-8,11,13H,12H2. The molecule has 2 rings (SSSR count). The Hall–Kier alpha value is -1.37. The molecule has 0 aliphatic rings. The fourth-order valence-corrected chi connectivity index (χ4v) is 1.78. The van der Waals surface area contributed by atoms with E-state index >= 15 is 0 Å². The van der Waals surface area contributed by atoms with E-state index in [0.29, 0.717) is 5.82 Å². The Morgan fingerprint density at radius 2 is 1.86 bits per heavy atom. The summed E-state index contributed by atoms with van der Waals surface area (Å²) in [4.78, 5) is 0. The number of hydrogen-bond donors (Lipinski definition) is 0. The summed E-state index contributed by atoms with van der Waals surface area (Å²) in [7, 11) is 3.25. The van der Waals surface area contributed by atoms with Crippen molar-refractivity contribution < 1.29 is 4.42 Å². The van der Waals surface area contributed by atoms with Crippen molar-refractivity contribution in [1.29, 1.82) is 0 Å². The molecule has 3 heteroatoms. The Balaban J connectivity index is 2.31. The molecule has 0 aliphatic heterocycles. The van der Waals surface area contributed by atoms with Gasteiger partial charge in [0.05, 0.1) is 14.0 Å². The molecule has 0 spiro atoms. The lowest BCUT2D eigenvalue weighted by atomic mass is 9.45. The van der Waals surface area contributed by atoms with Gasteiger partial charge in [0.25, 0.3) is 0 Å². The molecule has 14 heavy (non-hydrogen) atoms.